The number of anilines is 2. The van der Waals surface area contributed by atoms with E-state index in [4.69, 9.17) is 9.47 Å². The number of para-hydroxylation sites is 2. The van der Waals surface area contributed by atoms with Crippen molar-refractivity contribution in [1.82, 2.24) is 5.32 Å². The van der Waals surface area contributed by atoms with Gasteiger partial charge in [-0.2, -0.15) is 0 Å². The van der Waals surface area contributed by atoms with Crippen molar-refractivity contribution < 1.29 is 29.0 Å². The molecule has 4 N–H and O–H groups in total. The van der Waals surface area contributed by atoms with Gasteiger partial charge in [-0.05, 0) is 79.1 Å². The fraction of sp³-hybridized carbons (Fsp3) is 0.229. The number of hydrogen-bond donors (Lipinski definition) is 4. The number of carbonyl (C=O) groups is 3. The lowest BCUT2D eigenvalue weighted by atomic mass is 9.97. The molecule has 226 valence electrons. The molecule has 2 amide bonds. The van der Waals surface area contributed by atoms with Crippen LogP contribution in [0.2, 0.25) is 0 Å². The summed E-state index contributed by atoms with van der Waals surface area (Å²) in [5, 5.41) is 18.3. The molecule has 0 spiro atoms. The molecular weight excluding hydrogens is 558 g/mol. The Kier molecular flexibility index (Phi) is 9.44. The van der Waals surface area contributed by atoms with Crippen molar-refractivity contribution in [2.75, 3.05) is 24.3 Å². The summed E-state index contributed by atoms with van der Waals surface area (Å²) >= 11 is 0. The lowest BCUT2D eigenvalue weighted by Gasteiger charge is -2.30. The lowest BCUT2D eigenvalue weighted by molar-refractivity contribution is -0.115. The molecule has 0 aromatic heterocycles. The van der Waals surface area contributed by atoms with Gasteiger partial charge in [-0.25, -0.2) is 4.79 Å². The molecule has 44 heavy (non-hydrogen) atoms. The maximum Gasteiger partial charge on any atom is 0.337 e. The molecule has 9 nitrogen and oxygen atoms in total. The number of carboxylic acid groups (broad SMARTS) is 1. The SMILES string of the molecule is CNc1ccccc1C(=O)NC1(COc2ccc(Oc3ccc(CC(=O)Nc4ccccc4C(=O)O)cc3)cc2)CCCC1. The van der Waals surface area contributed by atoms with Crippen LogP contribution in [0.15, 0.2) is 97.1 Å². The molecule has 0 atom stereocenters. The van der Waals surface area contributed by atoms with E-state index in [1.807, 2.05) is 48.5 Å². The van der Waals surface area contributed by atoms with Crippen molar-refractivity contribution in [1.29, 1.82) is 0 Å². The van der Waals surface area contributed by atoms with Gasteiger partial charge in [0.1, 0.15) is 23.9 Å². The largest absolute Gasteiger partial charge is 0.491 e. The molecule has 4 aromatic carbocycles. The van der Waals surface area contributed by atoms with Gasteiger partial charge in [0, 0.05) is 12.7 Å². The van der Waals surface area contributed by atoms with Gasteiger partial charge in [-0.3, -0.25) is 9.59 Å². The molecule has 1 fully saturated rings. The summed E-state index contributed by atoms with van der Waals surface area (Å²) in [6.45, 7) is 0.373. The molecule has 1 aliphatic carbocycles. The van der Waals surface area contributed by atoms with Gasteiger partial charge in [0.2, 0.25) is 5.91 Å². The summed E-state index contributed by atoms with van der Waals surface area (Å²) in [5.74, 6) is 0.382. The van der Waals surface area contributed by atoms with E-state index in [9.17, 15) is 19.5 Å². The molecule has 4 aromatic rings. The van der Waals surface area contributed by atoms with Crippen LogP contribution >= 0.6 is 0 Å². The summed E-state index contributed by atoms with van der Waals surface area (Å²) in [7, 11) is 1.80. The molecule has 9 heteroatoms. The first-order valence-corrected chi connectivity index (χ1v) is 14.6. The summed E-state index contributed by atoms with van der Waals surface area (Å²) < 4.78 is 12.1. The van der Waals surface area contributed by atoms with Crippen LogP contribution < -0.4 is 25.4 Å². The topological polar surface area (TPSA) is 126 Å². The Balaban J connectivity index is 1.14. The van der Waals surface area contributed by atoms with E-state index in [-0.39, 0.29) is 29.5 Å². The first-order valence-electron chi connectivity index (χ1n) is 14.6. The van der Waals surface area contributed by atoms with E-state index < -0.39 is 11.5 Å². The molecule has 1 saturated carbocycles. The zero-order chi connectivity index (χ0) is 30.9. The Labute approximate surface area is 256 Å². The molecule has 0 radical (unpaired) electrons. The van der Waals surface area contributed by atoms with Gasteiger partial charge in [0.15, 0.2) is 0 Å². The first-order chi connectivity index (χ1) is 21.3. The average molecular weight is 594 g/mol. The third-order valence-electron chi connectivity index (χ3n) is 7.67. The highest BCUT2D eigenvalue weighted by Gasteiger charge is 2.37. The average Bonchev–Trinajstić information content (AvgIpc) is 3.50. The zero-order valence-electron chi connectivity index (χ0n) is 24.5. The molecule has 0 heterocycles. The maximum absolute atomic E-state index is 13.1. The second-order valence-electron chi connectivity index (χ2n) is 10.8. The van der Waals surface area contributed by atoms with Gasteiger partial charge in [0.25, 0.3) is 5.91 Å². The van der Waals surface area contributed by atoms with Crippen molar-refractivity contribution in [3.8, 4) is 17.2 Å². The second kappa shape index (κ2) is 13.8. The number of rotatable bonds is 12. The summed E-state index contributed by atoms with van der Waals surface area (Å²) in [5.41, 5.74) is 2.03. The molecule has 0 bridgehead atoms. The number of benzene rings is 4. The number of carboxylic acids is 1. The van der Waals surface area contributed by atoms with Gasteiger partial charge in [-0.15, -0.1) is 0 Å². The van der Waals surface area contributed by atoms with E-state index in [1.54, 1.807) is 49.5 Å². The van der Waals surface area contributed by atoms with Crippen LogP contribution in [0.5, 0.6) is 17.2 Å². The van der Waals surface area contributed by atoms with Crippen molar-refractivity contribution in [2.45, 2.75) is 37.6 Å². The van der Waals surface area contributed by atoms with Crippen molar-refractivity contribution in [2.24, 2.45) is 0 Å². The van der Waals surface area contributed by atoms with Crippen molar-refractivity contribution in [3.63, 3.8) is 0 Å². The van der Waals surface area contributed by atoms with E-state index in [0.717, 1.165) is 36.9 Å². The Hall–Kier alpha value is -5.31. The third-order valence-corrected chi connectivity index (χ3v) is 7.67. The standard InChI is InChI=1S/C35H35N3O6/c1-36-30-10-4-2-8-28(30)33(40)38-35(20-6-7-21-35)23-43-25-16-18-27(19-17-25)44-26-14-12-24(13-15-26)22-32(39)37-31-11-5-3-9-29(31)34(41)42/h2-5,8-19,36H,6-7,20-23H2,1H3,(H,37,39)(H,38,40)(H,41,42). The molecule has 0 unspecified atom stereocenters. The Morgan fingerprint density at radius 3 is 1.95 bits per heavy atom. The third kappa shape index (κ3) is 7.55. The van der Waals surface area contributed by atoms with Crippen molar-refractivity contribution >= 4 is 29.2 Å². The molecule has 0 saturated heterocycles. The monoisotopic (exact) mass is 593 g/mol. The number of nitrogens with one attached hydrogen (secondary N) is 3. The fourth-order valence-electron chi connectivity index (χ4n) is 5.36. The zero-order valence-corrected chi connectivity index (χ0v) is 24.5. The Morgan fingerprint density at radius 2 is 1.32 bits per heavy atom. The number of ether oxygens (including phenoxy) is 2. The predicted octanol–water partition coefficient (Wildman–Crippen LogP) is 6.52. The van der Waals surface area contributed by atoms with E-state index in [1.165, 1.54) is 6.07 Å². The first kappa shape index (κ1) is 30.2. The molecular formula is C35H35N3O6. The van der Waals surface area contributed by atoms with Crippen LogP contribution in [0.3, 0.4) is 0 Å². The van der Waals surface area contributed by atoms with Crippen LogP contribution in [0, 0.1) is 0 Å². The highest BCUT2D eigenvalue weighted by molar-refractivity contribution is 6.01. The highest BCUT2D eigenvalue weighted by Crippen LogP contribution is 2.32. The van der Waals surface area contributed by atoms with Crippen molar-refractivity contribution in [3.05, 3.63) is 114 Å². The minimum Gasteiger partial charge on any atom is -0.491 e. The Morgan fingerprint density at radius 1 is 0.750 bits per heavy atom. The van der Waals surface area contributed by atoms with Crippen LogP contribution in [0.25, 0.3) is 0 Å². The number of aromatic carboxylic acids is 1. The smallest absolute Gasteiger partial charge is 0.337 e. The van der Waals surface area contributed by atoms with E-state index >= 15 is 0 Å². The quantitative estimate of drug-likeness (QED) is 0.147. The maximum atomic E-state index is 13.1. The normalized spacial score (nSPS) is 13.5. The van der Waals surface area contributed by atoms with E-state index in [2.05, 4.69) is 16.0 Å². The van der Waals surface area contributed by atoms with Gasteiger partial charge in [0.05, 0.1) is 28.8 Å². The van der Waals surface area contributed by atoms with Gasteiger partial charge >= 0.3 is 5.97 Å². The number of amides is 2. The van der Waals surface area contributed by atoms with Gasteiger partial charge in [-0.1, -0.05) is 49.2 Å². The number of carbonyl (C=O) groups excluding carboxylic acids is 2. The Bertz CT molecular complexity index is 1610. The summed E-state index contributed by atoms with van der Waals surface area (Å²) in [6.07, 6.45) is 3.87. The van der Waals surface area contributed by atoms with Crippen LogP contribution in [0.4, 0.5) is 11.4 Å². The molecule has 5 rings (SSSR count). The predicted molar refractivity (Wildman–Crippen MR) is 169 cm³/mol. The van der Waals surface area contributed by atoms with E-state index in [0.29, 0.717) is 29.4 Å². The minimum absolute atomic E-state index is 0.0390. The number of hydrogen-bond acceptors (Lipinski definition) is 6. The minimum atomic E-state index is -1.10. The molecule has 0 aliphatic heterocycles. The molecule has 1 aliphatic rings. The second-order valence-corrected chi connectivity index (χ2v) is 10.8. The fourth-order valence-corrected chi connectivity index (χ4v) is 5.36. The summed E-state index contributed by atoms with van der Waals surface area (Å²) in [4.78, 5) is 37.0. The van der Waals surface area contributed by atoms with Gasteiger partial charge < -0.3 is 30.5 Å². The van der Waals surface area contributed by atoms with Crippen LogP contribution in [-0.4, -0.2) is 42.1 Å². The van der Waals surface area contributed by atoms with Crippen LogP contribution in [-0.2, 0) is 11.2 Å². The summed E-state index contributed by atoms with van der Waals surface area (Å²) in [6, 6.07) is 28.2. The highest BCUT2D eigenvalue weighted by atomic mass is 16.5. The van der Waals surface area contributed by atoms with Crippen LogP contribution in [0.1, 0.15) is 52.0 Å². The lowest BCUT2D eigenvalue weighted by Crippen LogP contribution is -2.50.